The zero-order chi connectivity index (χ0) is 15.6. The molecule has 0 bridgehead atoms. The highest BCUT2D eigenvalue weighted by Crippen LogP contribution is 2.33. The van der Waals surface area contributed by atoms with E-state index >= 15 is 0 Å². The van der Waals surface area contributed by atoms with E-state index in [1.807, 2.05) is 32.0 Å². The Balaban J connectivity index is 2.43. The van der Waals surface area contributed by atoms with Gasteiger partial charge in [0, 0.05) is 18.5 Å². The molecule has 0 saturated heterocycles. The average Bonchev–Trinajstić information content (AvgIpc) is 2.41. The van der Waals surface area contributed by atoms with E-state index in [0.717, 1.165) is 22.8 Å². The lowest BCUT2D eigenvalue weighted by atomic mass is 9.86. The molecule has 0 aliphatic heterocycles. The number of halogens is 2. The van der Waals surface area contributed by atoms with E-state index in [2.05, 4.69) is 0 Å². The van der Waals surface area contributed by atoms with Crippen molar-refractivity contribution in [3.8, 4) is 0 Å². The Kier molecular flexibility index (Phi) is 4.70. The van der Waals surface area contributed by atoms with Gasteiger partial charge in [0.1, 0.15) is 11.6 Å². The quantitative estimate of drug-likeness (QED) is 0.907. The Morgan fingerprint density at radius 2 is 1.71 bits per heavy atom. The molecule has 0 saturated carbocycles. The van der Waals surface area contributed by atoms with Crippen molar-refractivity contribution in [3.05, 3.63) is 70.3 Å². The SMILES string of the molecule is Cc1cccc(C(O)C(CN)c2cc(F)cc(F)c2)c1C. The molecule has 0 aliphatic carbocycles. The summed E-state index contributed by atoms with van der Waals surface area (Å²) in [7, 11) is 0. The van der Waals surface area contributed by atoms with Gasteiger partial charge in [0.25, 0.3) is 0 Å². The molecule has 0 radical (unpaired) electrons. The van der Waals surface area contributed by atoms with Crippen molar-refractivity contribution in [3.63, 3.8) is 0 Å². The summed E-state index contributed by atoms with van der Waals surface area (Å²) in [6, 6.07) is 8.85. The third-order valence-electron chi connectivity index (χ3n) is 3.91. The fourth-order valence-corrected chi connectivity index (χ4v) is 2.55. The van der Waals surface area contributed by atoms with Gasteiger partial charge in [-0.05, 0) is 48.2 Å². The Morgan fingerprint density at radius 1 is 1.10 bits per heavy atom. The number of hydrogen-bond acceptors (Lipinski definition) is 2. The highest BCUT2D eigenvalue weighted by molar-refractivity contribution is 5.37. The second-order valence-electron chi connectivity index (χ2n) is 5.28. The minimum atomic E-state index is -0.906. The van der Waals surface area contributed by atoms with Crippen molar-refractivity contribution in [2.75, 3.05) is 6.54 Å². The minimum Gasteiger partial charge on any atom is -0.388 e. The lowest BCUT2D eigenvalue weighted by molar-refractivity contribution is 0.146. The molecule has 21 heavy (non-hydrogen) atoms. The van der Waals surface area contributed by atoms with Gasteiger partial charge in [-0.15, -0.1) is 0 Å². The van der Waals surface area contributed by atoms with Gasteiger partial charge in [-0.2, -0.15) is 0 Å². The summed E-state index contributed by atoms with van der Waals surface area (Å²) in [6.45, 7) is 3.95. The molecule has 112 valence electrons. The molecule has 0 aromatic heterocycles. The first-order valence-electron chi connectivity index (χ1n) is 6.84. The monoisotopic (exact) mass is 291 g/mol. The summed E-state index contributed by atoms with van der Waals surface area (Å²) in [5.41, 5.74) is 8.83. The summed E-state index contributed by atoms with van der Waals surface area (Å²) in [6.07, 6.45) is -0.906. The molecule has 3 N–H and O–H groups in total. The molecule has 2 nitrogen and oxygen atoms in total. The predicted molar refractivity (Wildman–Crippen MR) is 79.0 cm³/mol. The summed E-state index contributed by atoms with van der Waals surface area (Å²) in [5, 5.41) is 10.6. The molecule has 2 aromatic rings. The molecule has 0 heterocycles. The van der Waals surface area contributed by atoms with E-state index in [4.69, 9.17) is 5.73 Å². The van der Waals surface area contributed by atoms with E-state index < -0.39 is 23.7 Å². The first kappa shape index (κ1) is 15.6. The summed E-state index contributed by atoms with van der Waals surface area (Å²) in [4.78, 5) is 0. The highest BCUT2D eigenvalue weighted by atomic mass is 19.1. The molecular formula is C17H19F2NO. The van der Waals surface area contributed by atoms with Gasteiger partial charge < -0.3 is 10.8 Å². The minimum absolute atomic E-state index is 0.0947. The summed E-state index contributed by atoms with van der Waals surface area (Å²) < 4.78 is 26.7. The largest absolute Gasteiger partial charge is 0.388 e. The number of hydrogen-bond donors (Lipinski definition) is 2. The number of benzene rings is 2. The first-order chi connectivity index (χ1) is 9.93. The van der Waals surface area contributed by atoms with Crippen molar-refractivity contribution in [2.45, 2.75) is 25.9 Å². The van der Waals surface area contributed by atoms with Crippen LogP contribution in [0.15, 0.2) is 36.4 Å². The molecule has 0 amide bonds. The van der Waals surface area contributed by atoms with Crippen LogP contribution in [0, 0.1) is 25.5 Å². The fraction of sp³-hybridized carbons (Fsp3) is 0.294. The molecule has 0 spiro atoms. The second-order valence-corrected chi connectivity index (χ2v) is 5.28. The van der Waals surface area contributed by atoms with E-state index in [1.54, 1.807) is 0 Å². The molecule has 4 heteroatoms. The van der Waals surface area contributed by atoms with Gasteiger partial charge in [0.2, 0.25) is 0 Å². The molecule has 2 rings (SSSR count). The topological polar surface area (TPSA) is 46.2 Å². The van der Waals surface area contributed by atoms with Crippen molar-refractivity contribution in [1.82, 2.24) is 0 Å². The summed E-state index contributed by atoms with van der Waals surface area (Å²) in [5.74, 6) is -1.90. The normalized spacial score (nSPS) is 14.0. The van der Waals surface area contributed by atoms with Crippen LogP contribution in [-0.2, 0) is 0 Å². The van der Waals surface area contributed by atoms with Crippen molar-refractivity contribution < 1.29 is 13.9 Å². The number of rotatable bonds is 4. The van der Waals surface area contributed by atoms with Crippen LogP contribution >= 0.6 is 0 Å². The number of aliphatic hydroxyl groups excluding tert-OH is 1. The van der Waals surface area contributed by atoms with Gasteiger partial charge in [-0.1, -0.05) is 18.2 Å². The highest BCUT2D eigenvalue weighted by Gasteiger charge is 2.24. The zero-order valence-corrected chi connectivity index (χ0v) is 12.1. The van der Waals surface area contributed by atoms with E-state index in [9.17, 15) is 13.9 Å². The number of aliphatic hydroxyl groups is 1. The van der Waals surface area contributed by atoms with Crippen molar-refractivity contribution in [1.29, 1.82) is 0 Å². The second kappa shape index (κ2) is 6.33. The Labute approximate surface area is 123 Å². The Hall–Kier alpha value is -1.78. The lowest BCUT2D eigenvalue weighted by Gasteiger charge is -2.24. The summed E-state index contributed by atoms with van der Waals surface area (Å²) >= 11 is 0. The average molecular weight is 291 g/mol. The molecule has 0 fully saturated rings. The van der Waals surface area contributed by atoms with Crippen LogP contribution in [0.25, 0.3) is 0 Å². The lowest BCUT2D eigenvalue weighted by Crippen LogP contribution is -2.21. The van der Waals surface area contributed by atoms with Crippen LogP contribution in [0.3, 0.4) is 0 Å². The molecule has 2 atom stereocenters. The van der Waals surface area contributed by atoms with E-state index in [1.165, 1.54) is 12.1 Å². The first-order valence-corrected chi connectivity index (χ1v) is 6.84. The van der Waals surface area contributed by atoms with Crippen molar-refractivity contribution >= 4 is 0 Å². The van der Waals surface area contributed by atoms with E-state index in [0.29, 0.717) is 5.56 Å². The molecular weight excluding hydrogens is 272 g/mol. The van der Waals surface area contributed by atoms with Crippen molar-refractivity contribution in [2.24, 2.45) is 5.73 Å². The smallest absolute Gasteiger partial charge is 0.126 e. The maximum absolute atomic E-state index is 13.4. The van der Waals surface area contributed by atoms with Gasteiger partial charge in [0.05, 0.1) is 6.10 Å². The van der Waals surface area contributed by atoms with Gasteiger partial charge in [-0.3, -0.25) is 0 Å². The predicted octanol–water partition coefficient (Wildman–Crippen LogP) is 3.36. The van der Waals surface area contributed by atoms with Crippen LogP contribution in [0.5, 0.6) is 0 Å². The number of aryl methyl sites for hydroxylation is 1. The van der Waals surface area contributed by atoms with Crippen LogP contribution in [0.4, 0.5) is 8.78 Å². The van der Waals surface area contributed by atoms with Crippen LogP contribution < -0.4 is 5.73 Å². The Morgan fingerprint density at radius 3 is 2.29 bits per heavy atom. The third kappa shape index (κ3) is 3.28. The van der Waals surface area contributed by atoms with Crippen LogP contribution in [0.1, 0.15) is 34.3 Å². The van der Waals surface area contributed by atoms with Crippen LogP contribution in [0.2, 0.25) is 0 Å². The molecule has 2 unspecified atom stereocenters. The Bertz CT molecular complexity index is 622. The number of nitrogens with two attached hydrogens (primary N) is 1. The standard InChI is InChI=1S/C17H19F2NO/c1-10-4-3-5-15(11(10)2)17(21)16(9-20)12-6-13(18)8-14(19)7-12/h3-8,16-17,21H,9,20H2,1-2H3. The molecule has 0 aliphatic rings. The maximum Gasteiger partial charge on any atom is 0.126 e. The molecule has 2 aromatic carbocycles. The van der Waals surface area contributed by atoms with Gasteiger partial charge in [0.15, 0.2) is 0 Å². The van der Waals surface area contributed by atoms with Crippen LogP contribution in [-0.4, -0.2) is 11.7 Å². The maximum atomic E-state index is 13.4. The third-order valence-corrected chi connectivity index (χ3v) is 3.91. The van der Waals surface area contributed by atoms with E-state index in [-0.39, 0.29) is 6.54 Å². The zero-order valence-electron chi connectivity index (χ0n) is 12.1. The van der Waals surface area contributed by atoms with Gasteiger partial charge >= 0.3 is 0 Å². The fourth-order valence-electron chi connectivity index (χ4n) is 2.55. The van der Waals surface area contributed by atoms with Gasteiger partial charge in [-0.25, -0.2) is 8.78 Å².